The van der Waals surface area contributed by atoms with Crippen LogP contribution in [-0.4, -0.2) is 9.55 Å². The van der Waals surface area contributed by atoms with Crippen LogP contribution < -0.4 is 0 Å². The standard InChI is InChI=1S/C13H23N2/c1-4-6-7-12(3)10-13(5-2)15-9-8-14-11-15/h8-9,11-12H,4-7,10H2,1-3H3. The van der Waals surface area contributed by atoms with Gasteiger partial charge >= 0.3 is 0 Å². The summed E-state index contributed by atoms with van der Waals surface area (Å²) in [5.41, 5.74) is 0. The first-order chi connectivity index (χ1) is 7.27. The minimum absolute atomic E-state index is 0.794. The van der Waals surface area contributed by atoms with E-state index in [-0.39, 0.29) is 0 Å². The van der Waals surface area contributed by atoms with Crippen molar-refractivity contribution in [2.45, 2.75) is 52.9 Å². The third kappa shape index (κ3) is 4.06. The number of hydrogen-bond donors (Lipinski definition) is 0. The van der Waals surface area contributed by atoms with Gasteiger partial charge in [-0.3, -0.25) is 0 Å². The van der Waals surface area contributed by atoms with E-state index in [1.165, 1.54) is 31.7 Å². The minimum atomic E-state index is 0.794. The molecule has 0 aliphatic carbocycles. The van der Waals surface area contributed by atoms with Gasteiger partial charge in [0, 0.05) is 12.4 Å². The average molecular weight is 207 g/mol. The van der Waals surface area contributed by atoms with Crippen LogP contribution in [0.2, 0.25) is 0 Å². The highest BCUT2D eigenvalue weighted by Gasteiger charge is 2.13. The van der Waals surface area contributed by atoms with Crippen LogP contribution >= 0.6 is 0 Å². The first-order valence-electron chi connectivity index (χ1n) is 6.10. The highest BCUT2D eigenvalue weighted by atomic mass is 15.0. The normalized spacial score (nSPS) is 13.3. The SMILES string of the molecule is CCCCC(C)C[C](CC)n1ccnc1. The summed E-state index contributed by atoms with van der Waals surface area (Å²) in [6, 6.07) is 1.48. The van der Waals surface area contributed by atoms with Gasteiger partial charge in [0.1, 0.15) is 0 Å². The van der Waals surface area contributed by atoms with E-state index in [9.17, 15) is 0 Å². The van der Waals surface area contributed by atoms with Gasteiger partial charge in [0.15, 0.2) is 0 Å². The molecule has 0 saturated carbocycles. The van der Waals surface area contributed by atoms with Gasteiger partial charge in [-0.05, 0) is 18.8 Å². The lowest BCUT2D eigenvalue weighted by Gasteiger charge is -2.19. The fourth-order valence-electron chi connectivity index (χ4n) is 1.94. The van der Waals surface area contributed by atoms with Crippen molar-refractivity contribution < 1.29 is 0 Å². The summed E-state index contributed by atoms with van der Waals surface area (Å²) in [5.74, 6) is 0.794. The van der Waals surface area contributed by atoms with Crippen molar-refractivity contribution in [1.82, 2.24) is 9.55 Å². The van der Waals surface area contributed by atoms with Crippen molar-refractivity contribution in [1.29, 1.82) is 0 Å². The highest BCUT2D eigenvalue weighted by molar-refractivity contribution is 4.96. The molecule has 85 valence electrons. The number of aromatic nitrogens is 2. The van der Waals surface area contributed by atoms with Gasteiger partial charge in [-0.25, -0.2) is 4.98 Å². The molecule has 1 radical (unpaired) electrons. The van der Waals surface area contributed by atoms with Crippen molar-refractivity contribution in [2.24, 2.45) is 5.92 Å². The van der Waals surface area contributed by atoms with E-state index in [1.54, 1.807) is 0 Å². The first kappa shape index (κ1) is 12.3. The first-order valence-corrected chi connectivity index (χ1v) is 6.10. The van der Waals surface area contributed by atoms with Crippen LogP contribution in [0.5, 0.6) is 0 Å². The van der Waals surface area contributed by atoms with Crippen LogP contribution in [0.4, 0.5) is 0 Å². The monoisotopic (exact) mass is 207 g/mol. The van der Waals surface area contributed by atoms with E-state index in [1.807, 2.05) is 18.7 Å². The van der Waals surface area contributed by atoms with Crippen LogP contribution in [0.15, 0.2) is 18.7 Å². The second kappa shape index (κ2) is 6.65. The molecular weight excluding hydrogens is 184 g/mol. The fraction of sp³-hybridized carbons (Fsp3) is 0.692. The summed E-state index contributed by atoms with van der Waals surface area (Å²) in [4.78, 5) is 4.10. The van der Waals surface area contributed by atoms with Gasteiger partial charge in [-0.15, -0.1) is 0 Å². The topological polar surface area (TPSA) is 17.8 Å². The van der Waals surface area contributed by atoms with Crippen molar-refractivity contribution in [2.75, 3.05) is 0 Å². The molecule has 0 bridgehead atoms. The molecule has 0 fully saturated rings. The van der Waals surface area contributed by atoms with Crippen molar-refractivity contribution in [3.05, 3.63) is 24.8 Å². The van der Waals surface area contributed by atoms with E-state index in [2.05, 4.69) is 30.3 Å². The summed E-state index contributed by atoms with van der Waals surface area (Å²) in [6.07, 6.45) is 12.1. The van der Waals surface area contributed by atoms with Crippen molar-refractivity contribution in [3.8, 4) is 0 Å². The molecule has 1 atom stereocenters. The van der Waals surface area contributed by atoms with E-state index >= 15 is 0 Å². The molecule has 0 spiro atoms. The number of imidazole rings is 1. The Morgan fingerprint density at radius 2 is 2.20 bits per heavy atom. The molecule has 0 aliphatic heterocycles. The second-order valence-electron chi connectivity index (χ2n) is 4.34. The maximum atomic E-state index is 4.10. The van der Waals surface area contributed by atoms with Crippen LogP contribution in [0, 0.1) is 12.0 Å². The van der Waals surface area contributed by atoms with Gasteiger partial charge in [0.05, 0.1) is 12.4 Å². The third-order valence-corrected chi connectivity index (χ3v) is 2.91. The smallest absolute Gasteiger partial charge is 0.0951 e. The summed E-state index contributed by atoms with van der Waals surface area (Å²) in [7, 11) is 0. The molecule has 0 aromatic carbocycles. The number of hydrogen-bond acceptors (Lipinski definition) is 1. The lowest BCUT2D eigenvalue weighted by Crippen LogP contribution is -2.11. The number of rotatable bonds is 7. The van der Waals surface area contributed by atoms with E-state index in [4.69, 9.17) is 0 Å². The molecule has 0 saturated heterocycles. The highest BCUT2D eigenvalue weighted by Crippen LogP contribution is 2.23. The van der Waals surface area contributed by atoms with Crippen LogP contribution in [0.25, 0.3) is 0 Å². The molecular formula is C13H23N2. The molecule has 1 aromatic heterocycles. The maximum absolute atomic E-state index is 4.10. The van der Waals surface area contributed by atoms with Crippen molar-refractivity contribution >= 4 is 0 Å². The Labute approximate surface area is 93.7 Å². The predicted octanol–water partition coefficient (Wildman–Crippen LogP) is 3.89. The average Bonchev–Trinajstić information content (AvgIpc) is 2.76. The molecule has 1 aromatic rings. The largest absolute Gasteiger partial charge is 0.329 e. The zero-order chi connectivity index (χ0) is 11.1. The molecule has 0 aliphatic rings. The van der Waals surface area contributed by atoms with Gasteiger partial charge < -0.3 is 4.57 Å². The quantitative estimate of drug-likeness (QED) is 0.663. The summed E-state index contributed by atoms with van der Waals surface area (Å²) in [5, 5.41) is 0. The van der Waals surface area contributed by atoms with Gasteiger partial charge in [-0.1, -0.05) is 40.0 Å². The van der Waals surface area contributed by atoms with Gasteiger partial charge in [0.25, 0.3) is 0 Å². The molecule has 0 N–H and O–H groups in total. The van der Waals surface area contributed by atoms with E-state index < -0.39 is 0 Å². The molecule has 1 heterocycles. The number of nitrogens with zero attached hydrogens (tertiary/aromatic N) is 2. The predicted molar refractivity (Wildman–Crippen MR) is 64.5 cm³/mol. The molecule has 0 amide bonds. The summed E-state index contributed by atoms with van der Waals surface area (Å²) in [6.45, 7) is 6.83. The Morgan fingerprint density at radius 3 is 2.73 bits per heavy atom. The van der Waals surface area contributed by atoms with E-state index in [0.29, 0.717) is 0 Å². The van der Waals surface area contributed by atoms with Crippen LogP contribution in [0.3, 0.4) is 0 Å². The Balaban J connectivity index is 2.40. The Kier molecular flexibility index (Phi) is 5.44. The minimum Gasteiger partial charge on any atom is -0.329 e. The molecule has 15 heavy (non-hydrogen) atoms. The fourth-order valence-corrected chi connectivity index (χ4v) is 1.94. The zero-order valence-corrected chi connectivity index (χ0v) is 10.2. The Hall–Kier alpha value is -0.790. The van der Waals surface area contributed by atoms with Gasteiger partial charge in [-0.2, -0.15) is 0 Å². The molecule has 1 rings (SSSR count). The lowest BCUT2D eigenvalue weighted by molar-refractivity contribution is 0.449. The van der Waals surface area contributed by atoms with Crippen molar-refractivity contribution in [3.63, 3.8) is 0 Å². The zero-order valence-electron chi connectivity index (χ0n) is 10.2. The lowest BCUT2D eigenvalue weighted by atomic mass is 9.95. The molecule has 2 nitrogen and oxygen atoms in total. The second-order valence-corrected chi connectivity index (χ2v) is 4.34. The van der Waals surface area contributed by atoms with Gasteiger partial charge in [0.2, 0.25) is 0 Å². The molecule has 1 unspecified atom stereocenters. The number of unbranched alkanes of at least 4 members (excludes halogenated alkanes) is 1. The molecule has 2 heteroatoms. The third-order valence-electron chi connectivity index (χ3n) is 2.91. The Morgan fingerprint density at radius 1 is 1.40 bits per heavy atom. The summed E-state index contributed by atoms with van der Waals surface area (Å²) >= 11 is 0. The summed E-state index contributed by atoms with van der Waals surface area (Å²) < 4.78 is 2.17. The Bertz CT molecular complexity index is 241. The van der Waals surface area contributed by atoms with E-state index in [0.717, 1.165) is 12.3 Å². The van der Waals surface area contributed by atoms with Crippen LogP contribution in [0.1, 0.15) is 52.9 Å². The van der Waals surface area contributed by atoms with Crippen LogP contribution in [-0.2, 0) is 0 Å². The maximum Gasteiger partial charge on any atom is 0.0951 e.